The molecule has 2 fully saturated rings. The van der Waals surface area contributed by atoms with Crippen LogP contribution in [0.4, 0.5) is 0 Å². The number of benzene rings is 1. The molecule has 1 aliphatic heterocycles. The van der Waals surface area contributed by atoms with E-state index < -0.39 is 10.0 Å². The third-order valence-electron chi connectivity index (χ3n) is 5.27. The van der Waals surface area contributed by atoms with Crippen molar-refractivity contribution in [3.05, 3.63) is 42.0 Å². The van der Waals surface area contributed by atoms with Gasteiger partial charge < -0.3 is 5.11 Å². The van der Waals surface area contributed by atoms with E-state index in [2.05, 4.69) is 6.58 Å². The molecule has 120 valence electrons. The van der Waals surface area contributed by atoms with Crippen LogP contribution < -0.4 is 0 Å². The second kappa shape index (κ2) is 5.48. The summed E-state index contributed by atoms with van der Waals surface area (Å²) in [6.07, 6.45) is 0.358. The average Bonchev–Trinajstić information content (AvgIpc) is 2.76. The average molecular weight is 321 g/mol. The zero-order chi connectivity index (χ0) is 16.1. The number of piperidine rings is 1. The molecule has 0 bridgehead atoms. The highest BCUT2D eigenvalue weighted by Gasteiger charge is 2.46. The summed E-state index contributed by atoms with van der Waals surface area (Å²) >= 11 is 0. The minimum absolute atomic E-state index is 0.109. The van der Waals surface area contributed by atoms with Crippen LogP contribution in [-0.2, 0) is 10.0 Å². The Morgan fingerprint density at radius 2 is 1.91 bits per heavy atom. The van der Waals surface area contributed by atoms with Gasteiger partial charge in [0.15, 0.2) is 0 Å². The van der Waals surface area contributed by atoms with E-state index in [-0.39, 0.29) is 23.9 Å². The number of sulfonamides is 1. The van der Waals surface area contributed by atoms with Crippen molar-refractivity contribution >= 4 is 10.0 Å². The first-order valence-corrected chi connectivity index (χ1v) is 9.17. The van der Waals surface area contributed by atoms with Crippen LogP contribution >= 0.6 is 0 Å². The highest BCUT2D eigenvalue weighted by molar-refractivity contribution is 7.89. The minimum Gasteiger partial charge on any atom is -0.393 e. The molecule has 0 radical (unpaired) electrons. The molecule has 3 rings (SSSR count). The maximum atomic E-state index is 12.8. The lowest BCUT2D eigenvalue weighted by molar-refractivity contribution is 0.122. The Hall–Kier alpha value is -1.17. The second-order valence-corrected chi connectivity index (χ2v) is 8.64. The Kier molecular flexibility index (Phi) is 3.91. The zero-order valence-electron chi connectivity index (χ0n) is 13.1. The highest BCUT2D eigenvalue weighted by Crippen LogP contribution is 2.44. The Morgan fingerprint density at radius 3 is 2.55 bits per heavy atom. The number of fused-ring (bicyclic) bond motifs is 1. The van der Waals surface area contributed by atoms with Crippen molar-refractivity contribution in [3.8, 4) is 0 Å². The predicted octanol–water partition coefficient (Wildman–Crippen LogP) is 2.19. The molecule has 1 saturated carbocycles. The predicted molar refractivity (Wildman–Crippen MR) is 85.8 cm³/mol. The van der Waals surface area contributed by atoms with Crippen LogP contribution in [0.3, 0.4) is 0 Å². The van der Waals surface area contributed by atoms with Crippen molar-refractivity contribution in [2.24, 2.45) is 17.8 Å². The maximum Gasteiger partial charge on any atom is 0.243 e. The standard InChI is InChI=1S/C17H23NO3S/c1-11-4-6-14(7-5-11)22(20,21)18-9-12(2)15-8-17(19)13(3)16(15)10-18/h4-7,13,15-17,19H,2,8-10H2,1,3H3/t13-,15+,16-,17-/m0/s1. The van der Waals surface area contributed by atoms with Gasteiger partial charge in [0.05, 0.1) is 11.0 Å². The van der Waals surface area contributed by atoms with Gasteiger partial charge in [-0.1, -0.05) is 36.8 Å². The molecule has 1 aromatic carbocycles. The van der Waals surface area contributed by atoms with Crippen molar-refractivity contribution in [3.63, 3.8) is 0 Å². The molecular weight excluding hydrogens is 298 g/mol. The Bertz CT molecular complexity index is 680. The molecule has 5 heteroatoms. The number of aryl methyl sites for hydroxylation is 1. The molecule has 0 aromatic heterocycles. The van der Waals surface area contributed by atoms with E-state index in [0.717, 1.165) is 11.1 Å². The molecule has 4 atom stereocenters. The smallest absolute Gasteiger partial charge is 0.243 e. The lowest BCUT2D eigenvalue weighted by atomic mass is 9.83. The van der Waals surface area contributed by atoms with Crippen LogP contribution in [0.25, 0.3) is 0 Å². The van der Waals surface area contributed by atoms with Crippen LogP contribution in [0.1, 0.15) is 18.9 Å². The fourth-order valence-electron chi connectivity index (χ4n) is 3.75. The first-order chi connectivity index (χ1) is 10.3. The fourth-order valence-corrected chi connectivity index (χ4v) is 5.23. The van der Waals surface area contributed by atoms with Gasteiger partial charge in [-0.3, -0.25) is 0 Å². The van der Waals surface area contributed by atoms with Crippen molar-refractivity contribution in [2.45, 2.75) is 31.3 Å². The molecule has 1 heterocycles. The van der Waals surface area contributed by atoms with Gasteiger partial charge in [0.25, 0.3) is 0 Å². The summed E-state index contributed by atoms with van der Waals surface area (Å²) in [6, 6.07) is 6.95. The molecular formula is C17H23NO3S. The lowest BCUT2D eigenvalue weighted by Crippen LogP contribution is -2.44. The van der Waals surface area contributed by atoms with Crippen LogP contribution in [0, 0.1) is 24.7 Å². The third-order valence-corrected chi connectivity index (χ3v) is 7.10. The molecule has 0 amide bonds. The van der Waals surface area contributed by atoms with Gasteiger partial charge in [-0.25, -0.2) is 8.42 Å². The molecule has 1 aliphatic carbocycles. The van der Waals surface area contributed by atoms with E-state index in [9.17, 15) is 13.5 Å². The quantitative estimate of drug-likeness (QED) is 0.850. The Labute approximate surface area is 132 Å². The van der Waals surface area contributed by atoms with Gasteiger partial charge in [0.1, 0.15) is 0 Å². The van der Waals surface area contributed by atoms with Crippen LogP contribution in [0.2, 0.25) is 0 Å². The molecule has 1 saturated heterocycles. The van der Waals surface area contributed by atoms with Crippen LogP contribution in [-0.4, -0.2) is 37.0 Å². The number of hydrogen-bond acceptors (Lipinski definition) is 3. The summed E-state index contributed by atoms with van der Waals surface area (Å²) in [4.78, 5) is 0.329. The van der Waals surface area contributed by atoms with E-state index in [4.69, 9.17) is 0 Å². The van der Waals surface area contributed by atoms with Crippen molar-refractivity contribution in [2.75, 3.05) is 13.1 Å². The molecule has 0 unspecified atom stereocenters. The Morgan fingerprint density at radius 1 is 1.27 bits per heavy atom. The second-order valence-electron chi connectivity index (χ2n) is 6.70. The van der Waals surface area contributed by atoms with E-state index in [1.54, 1.807) is 12.1 Å². The third kappa shape index (κ3) is 2.51. The minimum atomic E-state index is -3.50. The summed E-state index contributed by atoms with van der Waals surface area (Å²) in [7, 11) is -3.50. The van der Waals surface area contributed by atoms with Gasteiger partial charge in [-0.15, -0.1) is 0 Å². The summed E-state index contributed by atoms with van der Waals surface area (Å²) in [6.45, 7) is 8.85. The topological polar surface area (TPSA) is 57.6 Å². The van der Waals surface area contributed by atoms with Gasteiger partial charge in [-0.05, 0) is 43.2 Å². The zero-order valence-corrected chi connectivity index (χ0v) is 13.9. The summed E-state index contributed by atoms with van der Waals surface area (Å²) < 4.78 is 27.2. The molecule has 4 nitrogen and oxygen atoms in total. The first-order valence-electron chi connectivity index (χ1n) is 7.73. The van der Waals surface area contributed by atoms with E-state index >= 15 is 0 Å². The largest absolute Gasteiger partial charge is 0.393 e. The number of hydrogen-bond donors (Lipinski definition) is 1. The summed E-state index contributed by atoms with van der Waals surface area (Å²) in [5.74, 6) is 0.517. The van der Waals surface area contributed by atoms with E-state index in [1.807, 2.05) is 26.0 Å². The number of rotatable bonds is 2. The van der Waals surface area contributed by atoms with Gasteiger partial charge in [-0.2, -0.15) is 4.31 Å². The molecule has 0 spiro atoms. The molecule has 1 aromatic rings. The van der Waals surface area contributed by atoms with E-state index in [1.165, 1.54) is 4.31 Å². The monoisotopic (exact) mass is 321 g/mol. The molecule has 2 aliphatic rings. The van der Waals surface area contributed by atoms with Crippen molar-refractivity contribution < 1.29 is 13.5 Å². The SMILES string of the molecule is C=C1CN(S(=O)(=O)c2ccc(C)cc2)C[C@H]2[C@H](C)[C@@H](O)C[C@H]12. The first kappa shape index (κ1) is 15.7. The van der Waals surface area contributed by atoms with E-state index in [0.29, 0.717) is 24.4 Å². The Balaban J connectivity index is 1.89. The lowest BCUT2D eigenvalue weighted by Gasteiger charge is -2.37. The summed E-state index contributed by atoms with van der Waals surface area (Å²) in [5.41, 5.74) is 1.96. The highest BCUT2D eigenvalue weighted by atomic mass is 32.2. The van der Waals surface area contributed by atoms with Gasteiger partial charge in [0.2, 0.25) is 10.0 Å². The fraction of sp³-hybridized carbons (Fsp3) is 0.529. The number of nitrogens with zero attached hydrogens (tertiary/aromatic N) is 1. The normalized spacial score (nSPS) is 33.0. The van der Waals surface area contributed by atoms with Gasteiger partial charge >= 0.3 is 0 Å². The molecule has 22 heavy (non-hydrogen) atoms. The maximum absolute atomic E-state index is 12.8. The number of aliphatic hydroxyl groups is 1. The van der Waals surface area contributed by atoms with Crippen molar-refractivity contribution in [1.82, 2.24) is 4.31 Å². The van der Waals surface area contributed by atoms with Gasteiger partial charge in [0, 0.05) is 13.1 Å². The summed E-state index contributed by atoms with van der Waals surface area (Å²) in [5, 5.41) is 10.1. The molecule has 1 N–H and O–H groups in total. The van der Waals surface area contributed by atoms with Crippen molar-refractivity contribution in [1.29, 1.82) is 0 Å². The number of aliphatic hydroxyl groups excluding tert-OH is 1. The van der Waals surface area contributed by atoms with Crippen LogP contribution in [0.5, 0.6) is 0 Å². The van der Waals surface area contributed by atoms with Crippen LogP contribution in [0.15, 0.2) is 41.3 Å².